The summed E-state index contributed by atoms with van der Waals surface area (Å²) in [6.45, 7) is 4.61. The number of esters is 1. The summed E-state index contributed by atoms with van der Waals surface area (Å²) in [5.41, 5.74) is 5.19. The first-order chi connectivity index (χ1) is 17.1. The lowest BCUT2D eigenvalue weighted by Gasteiger charge is -2.29. The third kappa shape index (κ3) is 4.66. The Labute approximate surface area is 204 Å². The molecule has 1 atom stereocenters. The van der Waals surface area contributed by atoms with E-state index < -0.39 is 12.0 Å². The quantitative estimate of drug-likeness (QED) is 0.379. The van der Waals surface area contributed by atoms with Crippen molar-refractivity contribution in [2.75, 3.05) is 11.9 Å². The third-order valence-electron chi connectivity index (χ3n) is 5.84. The van der Waals surface area contributed by atoms with Crippen LogP contribution in [0.4, 0.5) is 5.95 Å². The van der Waals surface area contributed by atoms with Crippen molar-refractivity contribution >= 4 is 17.6 Å². The fraction of sp³-hybridized carbons (Fsp3) is 0.179. The Hall–Kier alpha value is -4.39. The van der Waals surface area contributed by atoms with Gasteiger partial charge in [0.2, 0.25) is 5.95 Å². The molecule has 0 aliphatic carbocycles. The Bertz CT molecular complexity index is 1360. The van der Waals surface area contributed by atoms with E-state index in [-0.39, 0.29) is 6.61 Å². The summed E-state index contributed by atoms with van der Waals surface area (Å²) >= 11 is 0. The van der Waals surface area contributed by atoms with Gasteiger partial charge in [-0.1, -0.05) is 72.3 Å². The summed E-state index contributed by atoms with van der Waals surface area (Å²) in [6, 6.07) is 25.2. The van der Waals surface area contributed by atoms with Crippen molar-refractivity contribution in [3.63, 3.8) is 0 Å². The molecule has 0 saturated carbocycles. The highest BCUT2D eigenvalue weighted by Crippen LogP contribution is 2.39. The first-order valence-corrected chi connectivity index (χ1v) is 11.6. The van der Waals surface area contributed by atoms with Gasteiger partial charge in [0, 0.05) is 0 Å². The topological polar surface area (TPSA) is 78.3 Å². The maximum Gasteiger partial charge on any atom is 0.338 e. The van der Waals surface area contributed by atoms with Gasteiger partial charge in [0.15, 0.2) is 0 Å². The van der Waals surface area contributed by atoms with Crippen LogP contribution in [0.3, 0.4) is 0 Å². The molecule has 2 heterocycles. The normalized spacial score (nSPS) is 14.7. The second kappa shape index (κ2) is 9.85. The van der Waals surface area contributed by atoms with E-state index in [1.165, 1.54) is 11.9 Å². The Kier molecular flexibility index (Phi) is 6.30. The molecular weight excluding hydrogens is 440 g/mol. The van der Waals surface area contributed by atoms with Crippen LogP contribution in [-0.2, 0) is 16.1 Å². The van der Waals surface area contributed by atoms with Gasteiger partial charge >= 0.3 is 5.97 Å². The lowest BCUT2D eigenvalue weighted by atomic mass is 9.93. The molecule has 0 spiro atoms. The average molecular weight is 467 g/mol. The van der Waals surface area contributed by atoms with Gasteiger partial charge in [0.1, 0.15) is 24.7 Å². The molecule has 5 rings (SSSR count). The molecule has 1 aliphatic heterocycles. The number of aryl methyl sites for hydroxylation is 1. The first-order valence-electron chi connectivity index (χ1n) is 11.6. The van der Waals surface area contributed by atoms with E-state index in [9.17, 15) is 4.79 Å². The zero-order valence-electron chi connectivity index (χ0n) is 19.6. The lowest BCUT2D eigenvalue weighted by molar-refractivity contribution is -0.138. The monoisotopic (exact) mass is 466 g/mol. The molecule has 0 amide bonds. The van der Waals surface area contributed by atoms with Crippen LogP contribution < -0.4 is 10.1 Å². The first kappa shape index (κ1) is 22.4. The maximum absolute atomic E-state index is 13.2. The van der Waals surface area contributed by atoms with Crippen LogP contribution in [0.25, 0.3) is 5.70 Å². The molecule has 1 aliphatic rings. The zero-order chi connectivity index (χ0) is 24.2. The number of nitrogens with zero attached hydrogens (tertiary/aromatic N) is 3. The number of rotatable bonds is 7. The second-order valence-corrected chi connectivity index (χ2v) is 8.28. The van der Waals surface area contributed by atoms with Gasteiger partial charge in [-0.15, -0.1) is 0 Å². The number of nitrogens with one attached hydrogen (secondary N) is 1. The molecule has 1 unspecified atom stereocenters. The van der Waals surface area contributed by atoms with Crippen molar-refractivity contribution in [2.24, 2.45) is 0 Å². The minimum Gasteiger partial charge on any atom is -0.489 e. The van der Waals surface area contributed by atoms with Crippen molar-refractivity contribution in [1.29, 1.82) is 0 Å². The highest BCUT2D eigenvalue weighted by atomic mass is 16.5. The number of anilines is 1. The smallest absolute Gasteiger partial charge is 0.338 e. The van der Waals surface area contributed by atoms with E-state index in [1.54, 1.807) is 11.6 Å². The molecule has 0 saturated heterocycles. The number of fused-ring (bicyclic) bond motifs is 1. The Morgan fingerprint density at radius 3 is 2.57 bits per heavy atom. The summed E-state index contributed by atoms with van der Waals surface area (Å²) in [4.78, 5) is 17.6. The Morgan fingerprint density at radius 2 is 1.83 bits per heavy atom. The number of hydrogen-bond acceptors (Lipinski definition) is 6. The predicted octanol–water partition coefficient (Wildman–Crippen LogP) is 5.15. The average Bonchev–Trinajstić information content (AvgIpc) is 3.36. The molecule has 0 fully saturated rings. The van der Waals surface area contributed by atoms with E-state index in [0.717, 1.165) is 22.4 Å². The number of aromatic nitrogens is 3. The Balaban J connectivity index is 1.51. The van der Waals surface area contributed by atoms with Crippen molar-refractivity contribution in [3.8, 4) is 5.75 Å². The molecule has 35 heavy (non-hydrogen) atoms. The van der Waals surface area contributed by atoms with Gasteiger partial charge in [-0.2, -0.15) is 10.1 Å². The highest BCUT2D eigenvalue weighted by Gasteiger charge is 2.36. The van der Waals surface area contributed by atoms with Gasteiger partial charge in [-0.25, -0.2) is 9.48 Å². The number of benzene rings is 3. The van der Waals surface area contributed by atoms with Gasteiger partial charge < -0.3 is 14.8 Å². The fourth-order valence-corrected chi connectivity index (χ4v) is 4.24. The largest absolute Gasteiger partial charge is 0.489 e. The summed E-state index contributed by atoms with van der Waals surface area (Å²) in [6.07, 6.45) is 1.48. The number of carbonyl (C=O) groups excluding carboxylic acids is 1. The molecule has 176 valence electrons. The number of ether oxygens (including phenoxy) is 2. The second-order valence-electron chi connectivity index (χ2n) is 8.28. The molecule has 1 aromatic heterocycles. The molecular formula is C28H26N4O3. The van der Waals surface area contributed by atoms with Gasteiger partial charge in [0.25, 0.3) is 0 Å². The van der Waals surface area contributed by atoms with Crippen LogP contribution in [0.1, 0.15) is 35.2 Å². The number of hydrogen-bond donors (Lipinski definition) is 1. The predicted molar refractivity (Wildman–Crippen MR) is 134 cm³/mol. The lowest BCUT2D eigenvalue weighted by Crippen LogP contribution is -2.30. The van der Waals surface area contributed by atoms with Crippen LogP contribution in [0.2, 0.25) is 0 Å². The van der Waals surface area contributed by atoms with Crippen molar-refractivity contribution < 1.29 is 14.3 Å². The van der Waals surface area contributed by atoms with Crippen molar-refractivity contribution in [1.82, 2.24) is 14.8 Å². The summed E-state index contributed by atoms with van der Waals surface area (Å²) in [5, 5.41) is 7.69. The van der Waals surface area contributed by atoms with Crippen LogP contribution in [0.5, 0.6) is 5.75 Å². The molecule has 7 heteroatoms. The van der Waals surface area contributed by atoms with Gasteiger partial charge in [-0.05, 0) is 42.7 Å². The van der Waals surface area contributed by atoms with Gasteiger partial charge in [0.05, 0.1) is 17.9 Å². The molecule has 3 aromatic carbocycles. The third-order valence-corrected chi connectivity index (χ3v) is 5.84. The zero-order valence-corrected chi connectivity index (χ0v) is 19.6. The number of carbonyl (C=O) groups is 1. The molecule has 0 bridgehead atoms. The van der Waals surface area contributed by atoms with E-state index in [4.69, 9.17) is 9.47 Å². The van der Waals surface area contributed by atoms with E-state index in [1.807, 2.05) is 66.7 Å². The van der Waals surface area contributed by atoms with E-state index >= 15 is 0 Å². The fourth-order valence-electron chi connectivity index (χ4n) is 4.24. The molecule has 7 nitrogen and oxygen atoms in total. The van der Waals surface area contributed by atoms with E-state index in [2.05, 4.69) is 34.5 Å². The van der Waals surface area contributed by atoms with Crippen LogP contribution in [0, 0.1) is 6.92 Å². The van der Waals surface area contributed by atoms with Crippen molar-refractivity contribution in [3.05, 3.63) is 113 Å². The Morgan fingerprint density at radius 1 is 1.03 bits per heavy atom. The van der Waals surface area contributed by atoms with Crippen LogP contribution in [0.15, 0.2) is 90.8 Å². The van der Waals surface area contributed by atoms with Crippen LogP contribution >= 0.6 is 0 Å². The summed E-state index contributed by atoms with van der Waals surface area (Å²) < 4.78 is 13.2. The highest BCUT2D eigenvalue weighted by molar-refractivity contribution is 6.02. The molecule has 0 radical (unpaired) electrons. The minimum absolute atomic E-state index is 0.271. The SMILES string of the molecule is CCOC(=O)C1=C(c2ccccc2)Nc2ncnn2C1c1ccc(OCc2cccc(C)c2)cc1. The minimum atomic E-state index is -0.506. The van der Waals surface area contributed by atoms with Gasteiger partial charge in [-0.3, -0.25) is 0 Å². The van der Waals surface area contributed by atoms with Crippen LogP contribution in [-0.4, -0.2) is 27.3 Å². The van der Waals surface area contributed by atoms with E-state index in [0.29, 0.717) is 23.8 Å². The van der Waals surface area contributed by atoms with Crippen molar-refractivity contribution in [2.45, 2.75) is 26.5 Å². The maximum atomic E-state index is 13.2. The standard InChI is InChI=1S/C28H26N4O3/c1-3-34-27(33)24-25(21-10-5-4-6-11-21)31-28-29-18-30-32(28)26(24)22-12-14-23(15-13-22)35-17-20-9-7-8-19(2)16-20/h4-16,18,26H,3,17H2,1-2H3,(H,29,30,31). The summed E-state index contributed by atoms with van der Waals surface area (Å²) in [7, 11) is 0. The summed E-state index contributed by atoms with van der Waals surface area (Å²) in [5.74, 6) is 0.902. The molecule has 1 N–H and O–H groups in total. The molecule has 4 aromatic rings.